The highest BCUT2D eigenvalue weighted by Crippen LogP contribution is 2.26. The largest absolute Gasteiger partial charge is 0.353 e. The third-order valence-electron chi connectivity index (χ3n) is 2.14. The van der Waals surface area contributed by atoms with E-state index in [9.17, 15) is 0 Å². The number of hydrogen-bond acceptors (Lipinski definition) is 2. The van der Waals surface area contributed by atoms with Crippen LogP contribution in [-0.4, -0.2) is 19.5 Å². The summed E-state index contributed by atoms with van der Waals surface area (Å²) in [6.45, 7) is 5.07. The highest BCUT2D eigenvalue weighted by molar-refractivity contribution is 6.35. The molecule has 0 aromatic heterocycles. The molecule has 0 fully saturated rings. The van der Waals surface area contributed by atoms with Crippen molar-refractivity contribution >= 4 is 23.2 Å². The maximum Gasteiger partial charge on any atom is 0.161 e. The molecule has 0 aliphatic heterocycles. The van der Waals surface area contributed by atoms with Gasteiger partial charge in [-0.25, -0.2) is 0 Å². The van der Waals surface area contributed by atoms with Crippen LogP contribution < -0.4 is 0 Å². The van der Waals surface area contributed by atoms with E-state index in [0.717, 1.165) is 5.56 Å². The molecular weight excluding hydrogens is 247 g/mol. The highest BCUT2D eigenvalue weighted by Gasteiger charge is 2.14. The summed E-state index contributed by atoms with van der Waals surface area (Å²) in [6, 6.07) is 5.46. The average molecular weight is 263 g/mol. The van der Waals surface area contributed by atoms with Gasteiger partial charge in [-0.3, -0.25) is 0 Å². The summed E-state index contributed by atoms with van der Waals surface area (Å²) in [5, 5.41) is 1.30. The average Bonchev–Trinajstić information content (AvgIpc) is 2.24. The molecule has 0 aliphatic carbocycles. The zero-order valence-electron chi connectivity index (χ0n) is 9.50. The minimum atomic E-state index is -0.285. The second-order valence-electron chi connectivity index (χ2n) is 3.24. The van der Waals surface area contributed by atoms with Crippen LogP contribution in [0.3, 0.4) is 0 Å². The topological polar surface area (TPSA) is 18.5 Å². The quantitative estimate of drug-likeness (QED) is 0.724. The summed E-state index contributed by atoms with van der Waals surface area (Å²) >= 11 is 12.2. The van der Waals surface area contributed by atoms with Crippen molar-refractivity contribution in [3.63, 3.8) is 0 Å². The SMILES string of the molecule is CCOC(Cc1c(Cl)cccc1Cl)OCC. The molecule has 0 saturated heterocycles. The van der Waals surface area contributed by atoms with Crippen LogP contribution in [0.4, 0.5) is 0 Å². The van der Waals surface area contributed by atoms with E-state index in [-0.39, 0.29) is 6.29 Å². The molecule has 0 aliphatic rings. The normalized spacial score (nSPS) is 11.1. The maximum absolute atomic E-state index is 6.08. The van der Waals surface area contributed by atoms with Gasteiger partial charge in [0.15, 0.2) is 6.29 Å². The van der Waals surface area contributed by atoms with E-state index in [0.29, 0.717) is 29.7 Å². The molecule has 16 heavy (non-hydrogen) atoms. The molecular formula is C12H16Cl2O2. The van der Waals surface area contributed by atoms with E-state index >= 15 is 0 Å². The fourth-order valence-corrected chi connectivity index (χ4v) is 1.98. The lowest BCUT2D eigenvalue weighted by Crippen LogP contribution is -2.20. The minimum absolute atomic E-state index is 0.285. The summed E-state index contributed by atoms with van der Waals surface area (Å²) in [5.74, 6) is 0. The predicted molar refractivity (Wildman–Crippen MR) is 67.2 cm³/mol. The van der Waals surface area contributed by atoms with Crippen molar-refractivity contribution in [1.29, 1.82) is 0 Å². The first kappa shape index (κ1) is 13.8. The van der Waals surface area contributed by atoms with E-state index in [1.165, 1.54) is 0 Å². The number of rotatable bonds is 6. The number of hydrogen-bond donors (Lipinski definition) is 0. The van der Waals surface area contributed by atoms with Gasteiger partial charge in [0, 0.05) is 29.7 Å². The van der Waals surface area contributed by atoms with Crippen LogP contribution in [-0.2, 0) is 15.9 Å². The van der Waals surface area contributed by atoms with E-state index in [2.05, 4.69) is 0 Å². The van der Waals surface area contributed by atoms with Gasteiger partial charge in [-0.1, -0.05) is 29.3 Å². The first-order chi connectivity index (χ1) is 7.69. The Morgan fingerprint density at radius 1 is 1.06 bits per heavy atom. The second kappa shape index (κ2) is 7.13. The summed E-state index contributed by atoms with van der Waals surface area (Å²) in [7, 11) is 0. The third kappa shape index (κ3) is 3.95. The first-order valence-electron chi connectivity index (χ1n) is 5.35. The molecule has 1 rings (SSSR count). The smallest absolute Gasteiger partial charge is 0.161 e. The van der Waals surface area contributed by atoms with Gasteiger partial charge in [0.25, 0.3) is 0 Å². The van der Waals surface area contributed by atoms with Crippen LogP contribution in [0.1, 0.15) is 19.4 Å². The Labute approximate surface area is 106 Å². The lowest BCUT2D eigenvalue weighted by atomic mass is 10.1. The molecule has 1 aromatic rings. The van der Waals surface area contributed by atoms with Gasteiger partial charge in [-0.05, 0) is 31.5 Å². The zero-order valence-corrected chi connectivity index (χ0v) is 11.0. The predicted octanol–water partition coefficient (Wildman–Crippen LogP) is 3.94. The summed E-state index contributed by atoms with van der Waals surface area (Å²) in [4.78, 5) is 0. The van der Waals surface area contributed by atoms with Crippen molar-refractivity contribution in [3.05, 3.63) is 33.8 Å². The van der Waals surface area contributed by atoms with Gasteiger partial charge in [-0.15, -0.1) is 0 Å². The molecule has 0 radical (unpaired) electrons. The van der Waals surface area contributed by atoms with Gasteiger partial charge < -0.3 is 9.47 Å². The van der Waals surface area contributed by atoms with Crippen LogP contribution in [0.15, 0.2) is 18.2 Å². The Bertz CT molecular complexity index is 303. The van der Waals surface area contributed by atoms with Crippen LogP contribution in [0.5, 0.6) is 0 Å². The Morgan fingerprint density at radius 2 is 1.56 bits per heavy atom. The Morgan fingerprint density at radius 3 is 2.00 bits per heavy atom. The lowest BCUT2D eigenvalue weighted by molar-refractivity contribution is -0.134. The van der Waals surface area contributed by atoms with Crippen LogP contribution in [0.25, 0.3) is 0 Å². The Kier molecular flexibility index (Phi) is 6.14. The molecule has 1 aromatic carbocycles. The molecule has 2 nitrogen and oxygen atoms in total. The standard InChI is InChI=1S/C12H16Cl2O2/c1-3-15-12(16-4-2)8-9-10(13)6-5-7-11(9)14/h5-7,12H,3-4,8H2,1-2H3. The summed E-state index contributed by atoms with van der Waals surface area (Å²) < 4.78 is 10.9. The van der Waals surface area contributed by atoms with Crippen molar-refractivity contribution in [2.75, 3.05) is 13.2 Å². The Hall–Kier alpha value is -0.280. The molecule has 0 N–H and O–H groups in total. The molecule has 0 spiro atoms. The number of benzene rings is 1. The number of halogens is 2. The van der Waals surface area contributed by atoms with Crippen LogP contribution in [0, 0.1) is 0 Å². The van der Waals surface area contributed by atoms with Crippen molar-refractivity contribution in [3.8, 4) is 0 Å². The molecule has 0 saturated carbocycles. The molecule has 0 amide bonds. The van der Waals surface area contributed by atoms with Gasteiger partial charge in [0.1, 0.15) is 0 Å². The van der Waals surface area contributed by atoms with E-state index in [4.69, 9.17) is 32.7 Å². The maximum atomic E-state index is 6.08. The first-order valence-corrected chi connectivity index (χ1v) is 6.10. The van der Waals surface area contributed by atoms with Gasteiger partial charge in [0.2, 0.25) is 0 Å². The molecule has 4 heteroatoms. The van der Waals surface area contributed by atoms with Crippen molar-refractivity contribution < 1.29 is 9.47 Å². The lowest BCUT2D eigenvalue weighted by Gasteiger charge is -2.18. The van der Waals surface area contributed by atoms with Crippen molar-refractivity contribution in [2.45, 2.75) is 26.6 Å². The van der Waals surface area contributed by atoms with E-state index in [1.54, 1.807) is 0 Å². The highest BCUT2D eigenvalue weighted by atomic mass is 35.5. The molecule has 0 heterocycles. The van der Waals surface area contributed by atoms with E-state index in [1.807, 2.05) is 32.0 Å². The fourth-order valence-electron chi connectivity index (χ4n) is 1.43. The fraction of sp³-hybridized carbons (Fsp3) is 0.500. The molecule has 0 atom stereocenters. The van der Waals surface area contributed by atoms with Crippen molar-refractivity contribution in [1.82, 2.24) is 0 Å². The second-order valence-corrected chi connectivity index (χ2v) is 4.06. The third-order valence-corrected chi connectivity index (χ3v) is 2.85. The van der Waals surface area contributed by atoms with Crippen molar-refractivity contribution in [2.24, 2.45) is 0 Å². The van der Waals surface area contributed by atoms with Gasteiger partial charge in [0.05, 0.1) is 0 Å². The molecule has 0 bridgehead atoms. The van der Waals surface area contributed by atoms with Crippen LogP contribution in [0.2, 0.25) is 10.0 Å². The van der Waals surface area contributed by atoms with Gasteiger partial charge in [-0.2, -0.15) is 0 Å². The summed E-state index contributed by atoms with van der Waals surface area (Å²) in [5.41, 5.74) is 0.873. The molecule has 0 unspecified atom stereocenters. The molecule has 90 valence electrons. The Balaban J connectivity index is 2.76. The zero-order chi connectivity index (χ0) is 12.0. The van der Waals surface area contributed by atoms with Gasteiger partial charge >= 0.3 is 0 Å². The van der Waals surface area contributed by atoms with Crippen LogP contribution >= 0.6 is 23.2 Å². The summed E-state index contributed by atoms with van der Waals surface area (Å²) in [6.07, 6.45) is 0.285. The minimum Gasteiger partial charge on any atom is -0.353 e. The van der Waals surface area contributed by atoms with E-state index < -0.39 is 0 Å². The number of ether oxygens (including phenoxy) is 2. The monoisotopic (exact) mass is 262 g/mol.